The summed E-state index contributed by atoms with van der Waals surface area (Å²) in [6.45, 7) is 3.62. The van der Waals surface area contributed by atoms with Crippen molar-refractivity contribution in [1.29, 1.82) is 0 Å². The van der Waals surface area contributed by atoms with Crippen LogP contribution in [-0.2, 0) is 28.1 Å². The molecule has 4 rings (SSSR count). The van der Waals surface area contributed by atoms with E-state index in [0.29, 0.717) is 12.5 Å². The van der Waals surface area contributed by atoms with Crippen molar-refractivity contribution in [3.8, 4) is 5.88 Å². The lowest BCUT2D eigenvalue weighted by Crippen LogP contribution is -2.45. The minimum atomic E-state index is -0.736. The van der Waals surface area contributed by atoms with E-state index < -0.39 is 6.10 Å². The second-order valence-corrected chi connectivity index (χ2v) is 8.77. The van der Waals surface area contributed by atoms with Gasteiger partial charge in [0.15, 0.2) is 12.0 Å². The summed E-state index contributed by atoms with van der Waals surface area (Å²) in [5, 5.41) is 7.73. The summed E-state index contributed by atoms with van der Waals surface area (Å²) in [5.74, 6) is 0.209. The molecule has 1 atom stereocenters. The molecule has 0 radical (unpaired) electrons. The molecule has 3 aromatic rings. The number of fused-ring (bicyclic) bond motifs is 1. The van der Waals surface area contributed by atoms with Gasteiger partial charge in [0.1, 0.15) is 6.61 Å². The van der Waals surface area contributed by atoms with Gasteiger partial charge in [0.05, 0.1) is 18.3 Å². The summed E-state index contributed by atoms with van der Waals surface area (Å²) in [5.41, 5.74) is 2.92. The molecular formula is C27H32N4O4. The van der Waals surface area contributed by atoms with Gasteiger partial charge < -0.3 is 24.4 Å². The number of carbonyl (C=O) groups is 2. The van der Waals surface area contributed by atoms with Gasteiger partial charge in [-0.2, -0.15) is 0 Å². The van der Waals surface area contributed by atoms with E-state index in [1.54, 1.807) is 13.1 Å². The van der Waals surface area contributed by atoms with Crippen LogP contribution in [0.2, 0.25) is 0 Å². The van der Waals surface area contributed by atoms with Crippen molar-refractivity contribution in [1.82, 2.24) is 14.8 Å². The van der Waals surface area contributed by atoms with E-state index in [4.69, 9.17) is 9.57 Å². The molecular weight excluding hydrogens is 444 g/mol. The number of amides is 2. The van der Waals surface area contributed by atoms with Crippen LogP contribution in [0.25, 0.3) is 10.9 Å². The fourth-order valence-corrected chi connectivity index (χ4v) is 4.12. The minimum absolute atomic E-state index is 0.00329. The van der Waals surface area contributed by atoms with Gasteiger partial charge in [-0.15, -0.1) is 0 Å². The summed E-state index contributed by atoms with van der Waals surface area (Å²) in [6, 6.07) is 17.7. The SMILES string of the molecule is CC(Oc1cc2cc(C=NOCc3ccccc3)ccc2n1C)C(=O)NCC(=O)N1CCCCC1. The Kier molecular flexibility index (Phi) is 8.03. The molecule has 2 heterocycles. The number of nitrogens with zero attached hydrogens (tertiary/aromatic N) is 3. The molecule has 0 aliphatic carbocycles. The smallest absolute Gasteiger partial charge is 0.261 e. The van der Waals surface area contributed by atoms with Crippen molar-refractivity contribution in [2.24, 2.45) is 12.2 Å². The first-order chi connectivity index (χ1) is 17.0. The molecule has 1 aliphatic rings. The summed E-state index contributed by atoms with van der Waals surface area (Å²) < 4.78 is 7.82. The summed E-state index contributed by atoms with van der Waals surface area (Å²) in [6.07, 6.45) is 4.14. The predicted molar refractivity (Wildman–Crippen MR) is 135 cm³/mol. The Bertz CT molecular complexity index is 1180. The first-order valence-corrected chi connectivity index (χ1v) is 12.0. The number of rotatable bonds is 9. The van der Waals surface area contributed by atoms with Crippen LogP contribution in [0, 0.1) is 0 Å². The minimum Gasteiger partial charge on any atom is -0.466 e. The van der Waals surface area contributed by atoms with E-state index in [0.717, 1.165) is 54.4 Å². The number of ether oxygens (including phenoxy) is 1. The molecule has 0 saturated carbocycles. The van der Waals surface area contributed by atoms with Crippen molar-refractivity contribution in [3.05, 3.63) is 65.7 Å². The molecule has 1 aliphatic heterocycles. The number of likely N-dealkylation sites (tertiary alicyclic amines) is 1. The number of nitrogens with one attached hydrogen (secondary N) is 1. The standard InChI is InChI=1S/C27H32N4O4/c1-20(27(33)28-18-25(32)31-13-7-4-8-14-31)35-26-16-23-15-22(11-12-24(23)30(26)2)17-29-34-19-21-9-5-3-6-10-21/h3,5-6,9-12,15-17,20H,4,7-8,13-14,18-19H2,1-2H3,(H,28,33). The molecule has 1 aromatic heterocycles. The van der Waals surface area contributed by atoms with Gasteiger partial charge in [-0.25, -0.2) is 0 Å². The first-order valence-electron chi connectivity index (χ1n) is 12.0. The zero-order valence-electron chi connectivity index (χ0n) is 20.3. The quantitative estimate of drug-likeness (QED) is 0.378. The number of benzene rings is 2. The van der Waals surface area contributed by atoms with Gasteiger partial charge in [-0.1, -0.05) is 41.6 Å². The number of aromatic nitrogens is 1. The largest absolute Gasteiger partial charge is 0.466 e. The average molecular weight is 477 g/mol. The molecule has 1 N–H and O–H groups in total. The molecule has 0 spiro atoms. The normalized spacial score (nSPS) is 14.7. The van der Waals surface area contributed by atoms with Crippen LogP contribution < -0.4 is 10.1 Å². The fraction of sp³-hybridized carbons (Fsp3) is 0.370. The van der Waals surface area contributed by atoms with E-state index >= 15 is 0 Å². The monoisotopic (exact) mass is 476 g/mol. The van der Waals surface area contributed by atoms with Crippen LogP contribution in [0.1, 0.15) is 37.3 Å². The average Bonchev–Trinajstić information content (AvgIpc) is 3.20. The fourth-order valence-electron chi connectivity index (χ4n) is 4.12. The van der Waals surface area contributed by atoms with Crippen LogP contribution in [0.4, 0.5) is 0 Å². The highest BCUT2D eigenvalue weighted by atomic mass is 16.6. The molecule has 1 fully saturated rings. The molecule has 0 bridgehead atoms. The van der Waals surface area contributed by atoms with Crippen LogP contribution >= 0.6 is 0 Å². The van der Waals surface area contributed by atoms with Gasteiger partial charge in [-0.3, -0.25) is 9.59 Å². The topological polar surface area (TPSA) is 85.2 Å². The first kappa shape index (κ1) is 24.3. The maximum Gasteiger partial charge on any atom is 0.261 e. The van der Waals surface area contributed by atoms with E-state index in [9.17, 15) is 9.59 Å². The third-order valence-electron chi connectivity index (χ3n) is 6.16. The lowest BCUT2D eigenvalue weighted by Gasteiger charge is -2.27. The Hall–Kier alpha value is -3.81. The number of piperidine rings is 1. The molecule has 1 saturated heterocycles. The van der Waals surface area contributed by atoms with Gasteiger partial charge in [0, 0.05) is 31.6 Å². The van der Waals surface area contributed by atoms with Crippen LogP contribution in [0.3, 0.4) is 0 Å². The van der Waals surface area contributed by atoms with Gasteiger partial charge in [-0.05, 0) is 49.4 Å². The number of hydrogen-bond acceptors (Lipinski definition) is 5. The van der Waals surface area contributed by atoms with Crippen molar-refractivity contribution in [3.63, 3.8) is 0 Å². The van der Waals surface area contributed by atoms with E-state index in [1.807, 2.05) is 71.1 Å². The molecule has 8 nitrogen and oxygen atoms in total. The highest BCUT2D eigenvalue weighted by Gasteiger charge is 2.21. The number of hydrogen-bond donors (Lipinski definition) is 1. The predicted octanol–water partition coefficient (Wildman–Crippen LogP) is 3.63. The maximum atomic E-state index is 12.5. The third-order valence-corrected chi connectivity index (χ3v) is 6.16. The molecule has 2 aromatic carbocycles. The molecule has 35 heavy (non-hydrogen) atoms. The lowest BCUT2D eigenvalue weighted by atomic mass is 10.1. The van der Waals surface area contributed by atoms with Crippen molar-refractivity contribution in [2.45, 2.75) is 38.9 Å². The van der Waals surface area contributed by atoms with Crippen LogP contribution in [0.5, 0.6) is 5.88 Å². The van der Waals surface area contributed by atoms with E-state index in [1.165, 1.54) is 0 Å². The Morgan fingerprint density at radius 2 is 1.86 bits per heavy atom. The Morgan fingerprint density at radius 1 is 1.09 bits per heavy atom. The highest BCUT2D eigenvalue weighted by molar-refractivity contribution is 5.90. The Balaban J connectivity index is 1.32. The van der Waals surface area contributed by atoms with Gasteiger partial charge in [0.25, 0.3) is 5.91 Å². The van der Waals surface area contributed by atoms with Gasteiger partial charge >= 0.3 is 0 Å². The van der Waals surface area contributed by atoms with Crippen molar-refractivity contribution >= 4 is 28.9 Å². The van der Waals surface area contributed by atoms with E-state index in [-0.39, 0.29) is 18.4 Å². The zero-order valence-corrected chi connectivity index (χ0v) is 20.3. The zero-order chi connectivity index (χ0) is 24.6. The molecule has 184 valence electrons. The van der Waals surface area contributed by atoms with Crippen LogP contribution in [0.15, 0.2) is 59.8 Å². The second kappa shape index (κ2) is 11.6. The van der Waals surface area contributed by atoms with Gasteiger partial charge in [0.2, 0.25) is 5.91 Å². The third kappa shape index (κ3) is 6.41. The second-order valence-electron chi connectivity index (χ2n) is 8.77. The Morgan fingerprint density at radius 3 is 2.63 bits per heavy atom. The summed E-state index contributed by atoms with van der Waals surface area (Å²) in [4.78, 5) is 32.0. The maximum absolute atomic E-state index is 12.5. The number of aryl methyl sites for hydroxylation is 1. The summed E-state index contributed by atoms with van der Waals surface area (Å²) in [7, 11) is 1.89. The van der Waals surface area contributed by atoms with E-state index in [2.05, 4.69) is 10.5 Å². The van der Waals surface area contributed by atoms with Crippen LogP contribution in [-0.4, -0.2) is 53.2 Å². The van der Waals surface area contributed by atoms with Crippen molar-refractivity contribution < 1.29 is 19.2 Å². The summed E-state index contributed by atoms with van der Waals surface area (Å²) >= 11 is 0. The molecule has 8 heteroatoms. The van der Waals surface area contributed by atoms with Crippen molar-refractivity contribution in [2.75, 3.05) is 19.6 Å². The molecule has 1 unspecified atom stereocenters. The number of oxime groups is 1. The Labute approximate surface area is 205 Å². The lowest BCUT2D eigenvalue weighted by molar-refractivity contribution is -0.135. The highest BCUT2D eigenvalue weighted by Crippen LogP contribution is 2.25. The number of carbonyl (C=O) groups excluding carboxylic acids is 2. The molecule has 2 amide bonds.